The molecule has 0 aromatic heterocycles. The second-order valence-electron chi connectivity index (χ2n) is 4.33. The number of rotatable bonds is 3. The van der Waals surface area contributed by atoms with E-state index in [1.807, 2.05) is 0 Å². The van der Waals surface area contributed by atoms with Gasteiger partial charge < -0.3 is 4.79 Å². The van der Waals surface area contributed by atoms with Crippen molar-refractivity contribution in [2.24, 2.45) is 5.92 Å². The van der Waals surface area contributed by atoms with Crippen LogP contribution in [0.4, 0.5) is 0 Å². The molecule has 0 N–H and O–H groups in total. The molecule has 1 heterocycles. The van der Waals surface area contributed by atoms with Crippen molar-refractivity contribution in [2.45, 2.75) is 17.7 Å². The fourth-order valence-electron chi connectivity index (χ4n) is 2.03. The molecular weight excluding hydrogens is 318 g/mol. The molecule has 0 spiro atoms. The summed E-state index contributed by atoms with van der Waals surface area (Å²) in [6.45, 7) is 0.830. The Labute approximate surface area is 115 Å². The van der Waals surface area contributed by atoms with Gasteiger partial charge in [-0.15, -0.1) is 0 Å². The number of nitrogens with zero attached hydrogens (tertiary/aromatic N) is 1. The Morgan fingerprint density at radius 3 is 2.50 bits per heavy atom. The zero-order valence-electron chi connectivity index (χ0n) is 9.75. The Morgan fingerprint density at radius 2 is 1.94 bits per heavy atom. The molecule has 2 rings (SSSR count). The Bertz CT molecular complexity index is 536. The molecule has 0 atom stereocenters. The van der Waals surface area contributed by atoms with Gasteiger partial charge in [0.05, 0.1) is 4.90 Å². The highest BCUT2D eigenvalue weighted by molar-refractivity contribution is 9.10. The first-order chi connectivity index (χ1) is 8.54. The highest BCUT2D eigenvalue weighted by Gasteiger charge is 2.29. The summed E-state index contributed by atoms with van der Waals surface area (Å²) in [7, 11) is -3.43. The fourth-order valence-corrected chi connectivity index (χ4v) is 4.10. The molecule has 98 valence electrons. The zero-order valence-corrected chi connectivity index (χ0v) is 12.2. The Morgan fingerprint density at radius 1 is 1.28 bits per heavy atom. The number of sulfonamides is 1. The lowest BCUT2D eigenvalue weighted by Gasteiger charge is -2.28. The molecule has 0 amide bonds. The minimum absolute atomic E-state index is 0.000963. The van der Waals surface area contributed by atoms with Gasteiger partial charge in [0.1, 0.15) is 6.29 Å². The summed E-state index contributed by atoms with van der Waals surface area (Å²) in [5.41, 5.74) is 0. The molecule has 1 fully saturated rings. The summed E-state index contributed by atoms with van der Waals surface area (Å²) < 4.78 is 26.9. The molecule has 1 aliphatic rings. The lowest BCUT2D eigenvalue weighted by Crippen LogP contribution is -2.38. The van der Waals surface area contributed by atoms with Crippen molar-refractivity contribution in [3.05, 3.63) is 28.7 Å². The third kappa shape index (κ3) is 2.81. The summed E-state index contributed by atoms with van der Waals surface area (Å²) >= 11 is 3.27. The molecular formula is C12H14BrNO3S. The number of hydrogen-bond donors (Lipinski definition) is 0. The van der Waals surface area contributed by atoms with E-state index in [2.05, 4.69) is 15.9 Å². The van der Waals surface area contributed by atoms with Crippen LogP contribution in [-0.4, -0.2) is 32.1 Å². The van der Waals surface area contributed by atoms with Crippen LogP contribution >= 0.6 is 15.9 Å². The normalized spacial score (nSPS) is 18.7. The first-order valence-corrected chi connectivity index (χ1v) is 7.98. The first kappa shape index (κ1) is 13.7. The predicted molar refractivity (Wildman–Crippen MR) is 71.7 cm³/mol. The third-order valence-electron chi connectivity index (χ3n) is 3.12. The predicted octanol–water partition coefficient (Wildman–Crippen LogP) is 2.05. The summed E-state index contributed by atoms with van der Waals surface area (Å²) in [5.74, 6) is -0.000963. The lowest BCUT2D eigenvalue weighted by molar-refractivity contribution is -0.112. The Kier molecular flexibility index (Phi) is 4.19. The van der Waals surface area contributed by atoms with Crippen LogP contribution in [0, 0.1) is 5.92 Å². The van der Waals surface area contributed by atoms with Crippen molar-refractivity contribution < 1.29 is 13.2 Å². The van der Waals surface area contributed by atoms with Crippen molar-refractivity contribution in [3.8, 4) is 0 Å². The Hall–Kier alpha value is -0.720. The molecule has 1 aromatic carbocycles. The number of piperidine rings is 1. The van der Waals surface area contributed by atoms with Gasteiger partial charge in [-0.3, -0.25) is 0 Å². The van der Waals surface area contributed by atoms with E-state index in [9.17, 15) is 13.2 Å². The monoisotopic (exact) mass is 331 g/mol. The summed E-state index contributed by atoms with van der Waals surface area (Å²) in [6, 6.07) is 6.68. The van der Waals surface area contributed by atoms with Gasteiger partial charge in [0.15, 0.2) is 0 Å². The standard InChI is InChI=1S/C12H14BrNO3S/c13-11-2-1-3-12(8-11)18(16,17)14-6-4-10(9-15)5-7-14/h1-3,8-10H,4-7H2. The average molecular weight is 332 g/mol. The minimum atomic E-state index is -3.43. The van der Waals surface area contributed by atoms with Gasteiger partial charge in [0.2, 0.25) is 10.0 Å². The van der Waals surface area contributed by atoms with Gasteiger partial charge in [-0.05, 0) is 31.0 Å². The summed E-state index contributed by atoms with van der Waals surface area (Å²) in [6.07, 6.45) is 2.14. The van der Waals surface area contributed by atoms with Gasteiger partial charge in [-0.25, -0.2) is 8.42 Å². The van der Waals surface area contributed by atoms with Gasteiger partial charge in [0.25, 0.3) is 0 Å². The zero-order chi connectivity index (χ0) is 13.2. The van der Waals surface area contributed by atoms with E-state index in [0.717, 1.165) is 10.8 Å². The van der Waals surface area contributed by atoms with Crippen LogP contribution < -0.4 is 0 Å². The van der Waals surface area contributed by atoms with E-state index in [4.69, 9.17) is 0 Å². The topological polar surface area (TPSA) is 54.5 Å². The van der Waals surface area contributed by atoms with Crippen LogP contribution in [0.2, 0.25) is 0 Å². The largest absolute Gasteiger partial charge is 0.303 e. The highest BCUT2D eigenvalue weighted by Crippen LogP contribution is 2.24. The average Bonchev–Trinajstić information content (AvgIpc) is 2.39. The SMILES string of the molecule is O=CC1CCN(S(=O)(=O)c2cccc(Br)c2)CC1. The van der Waals surface area contributed by atoms with Gasteiger partial charge in [-0.2, -0.15) is 4.31 Å². The number of carbonyl (C=O) groups excluding carboxylic acids is 1. The quantitative estimate of drug-likeness (QED) is 0.796. The maximum atomic E-state index is 12.4. The molecule has 0 radical (unpaired) electrons. The number of halogens is 1. The van der Waals surface area contributed by atoms with Crippen molar-refractivity contribution in [1.82, 2.24) is 4.31 Å². The minimum Gasteiger partial charge on any atom is -0.303 e. The van der Waals surface area contributed by atoms with Gasteiger partial charge >= 0.3 is 0 Å². The fraction of sp³-hybridized carbons (Fsp3) is 0.417. The Balaban J connectivity index is 2.20. The van der Waals surface area contributed by atoms with Crippen molar-refractivity contribution in [2.75, 3.05) is 13.1 Å². The van der Waals surface area contributed by atoms with Crippen LogP contribution in [0.15, 0.2) is 33.6 Å². The van der Waals surface area contributed by atoms with E-state index >= 15 is 0 Å². The number of carbonyl (C=O) groups is 1. The second kappa shape index (κ2) is 5.50. The van der Waals surface area contributed by atoms with Crippen LogP contribution in [0.5, 0.6) is 0 Å². The summed E-state index contributed by atoms with van der Waals surface area (Å²) in [5, 5.41) is 0. The molecule has 18 heavy (non-hydrogen) atoms. The maximum absolute atomic E-state index is 12.4. The molecule has 6 heteroatoms. The number of benzene rings is 1. The van der Waals surface area contributed by atoms with Crippen LogP contribution in [0.1, 0.15) is 12.8 Å². The van der Waals surface area contributed by atoms with Crippen LogP contribution in [0.25, 0.3) is 0 Å². The summed E-state index contributed by atoms with van der Waals surface area (Å²) in [4.78, 5) is 10.9. The van der Waals surface area contributed by atoms with Crippen molar-refractivity contribution >= 4 is 32.2 Å². The smallest absolute Gasteiger partial charge is 0.243 e. The molecule has 1 aromatic rings. The number of hydrogen-bond acceptors (Lipinski definition) is 3. The third-order valence-corrected chi connectivity index (χ3v) is 5.51. The molecule has 0 saturated carbocycles. The number of aldehydes is 1. The molecule has 0 aliphatic carbocycles. The highest BCUT2D eigenvalue weighted by atomic mass is 79.9. The molecule has 0 bridgehead atoms. The lowest BCUT2D eigenvalue weighted by atomic mass is 10.0. The first-order valence-electron chi connectivity index (χ1n) is 5.75. The van der Waals surface area contributed by atoms with Gasteiger partial charge in [-0.1, -0.05) is 22.0 Å². The van der Waals surface area contributed by atoms with E-state index in [1.165, 1.54) is 4.31 Å². The van der Waals surface area contributed by atoms with Crippen LogP contribution in [-0.2, 0) is 14.8 Å². The molecule has 1 aliphatic heterocycles. The van der Waals surface area contributed by atoms with E-state index < -0.39 is 10.0 Å². The van der Waals surface area contributed by atoms with E-state index in [-0.39, 0.29) is 5.92 Å². The van der Waals surface area contributed by atoms with Crippen LogP contribution in [0.3, 0.4) is 0 Å². The van der Waals surface area contributed by atoms with E-state index in [1.54, 1.807) is 24.3 Å². The second-order valence-corrected chi connectivity index (χ2v) is 7.19. The molecule has 4 nitrogen and oxygen atoms in total. The van der Waals surface area contributed by atoms with Crippen molar-refractivity contribution in [3.63, 3.8) is 0 Å². The maximum Gasteiger partial charge on any atom is 0.243 e. The molecule has 1 saturated heterocycles. The van der Waals surface area contributed by atoms with E-state index in [0.29, 0.717) is 30.8 Å². The van der Waals surface area contributed by atoms with Gasteiger partial charge in [0, 0.05) is 23.5 Å². The van der Waals surface area contributed by atoms with Crippen molar-refractivity contribution in [1.29, 1.82) is 0 Å². The molecule has 0 unspecified atom stereocenters.